The average molecular weight is 280 g/mol. The SMILES string of the molecule is CC(C)C(=O)N1CCC12CCCN(c1nncs1)C2. The second kappa shape index (κ2) is 4.74. The first-order chi connectivity index (χ1) is 9.12. The summed E-state index contributed by atoms with van der Waals surface area (Å²) in [7, 11) is 0. The molecule has 0 bridgehead atoms. The molecular formula is C13H20N4OS. The number of rotatable bonds is 2. The van der Waals surface area contributed by atoms with E-state index in [0.717, 1.165) is 44.0 Å². The Hall–Kier alpha value is -1.17. The molecule has 104 valence electrons. The third kappa shape index (κ3) is 2.12. The Kier molecular flexibility index (Phi) is 3.20. The van der Waals surface area contributed by atoms with E-state index in [1.165, 1.54) is 0 Å². The minimum absolute atomic E-state index is 0.0608. The van der Waals surface area contributed by atoms with Crippen LogP contribution in [0, 0.1) is 5.92 Å². The minimum Gasteiger partial charge on any atom is -0.344 e. The Morgan fingerprint density at radius 3 is 2.84 bits per heavy atom. The van der Waals surface area contributed by atoms with Gasteiger partial charge in [-0.2, -0.15) is 0 Å². The molecule has 0 N–H and O–H groups in total. The van der Waals surface area contributed by atoms with E-state index in [2.05, 4.69) is 20.0 Å². The van der Waals surface area contributed by atoms with Crippen molar-refractivity contribution in [2.45, 2.75) is 38.6 Å². The molecule has 5 nitrogen and oxygen atoms in total. The number of piperidine rings is 1. The van der Waals surface area contributed by atoms with Crippen LogP contribution >= 0.6 is 11.3 Å². The molecule has 2 saturated heterocycles. The van der Waals surface area contributed by atoms with Crippen LogP contribution in [0.15, 0.2) is 5.51 Å². The van der Waals surface area contributed by atoms with Crippen LogP contribution < -0.4 is 4.90 Å². The van der Waals surface area contributed by atoms with E-state index in [1.807, 2.05) is 13.8 Å². The Labute approximate surface area is 117 Å². The van der Waals surface area contributed by atoms with E-state index in [4.69, 9.17) is 0 Å². The first-order valence-corrected chi connectivity index (χ1v) is 7.83. The highest BCUT2D eigenvalue weighted by Gasteiger charge is 2.50. The van der Waals surface area contributed by atoms with Crippen molar-refractivity contribution in [3.63, 3.8) is 0 Å². The lowest BCUT2D eigenvalue weighted by molar-refractivity contribution is -0.151. The molecule has 0 radical (unpaired) electrons. The molecule has 0 aromatic carbocycles. The van der Waals surface area contributed by atoms with Crippen LogP contribution in [0.2, 0.25) is 0 Å². The molecule has 1 aromatic rings. The highest BCUT2D eigenvalue weighted by Crippen LogP contribution is 2.40. The van der Waals surface area contributed by atoms with Crippen LogP contribution in [0.1, 0.15) is 33.1 Å². The molecule has 0 saturated carbocycles. The van der Waals surface area contributed by atoms with Crippen LogP contribution in [0.5, 0.6) is 0 Å². The third-order valence-corrected chi connectivity index (χ3v) is 5.06. The van der Waals surface area contributed by atoms with Gasteiger partial charge in [-0.1, -0.05) is 25.2 Å². The number of hydrogen-bond acceptors (Lipinski definition) is 5. The normalized spacial score (nSPS) is 26.9. The first kappa shape index (κ1) is 12.8. The molecule has 0 aliphatic carbocycles. The lowest BCUT2D eigenvalue weighted by Gasteiger charge is -2.57. The van der Waals surface area contributed by atoms with Crippen molar-refractivity contribution in [3.05, 3.63) is 5.51 Å². The summed E-state index contributed by atoms with van der Waals surface area (Å²) in [6.45, 7) is 6.83. The van der Waals surface area contributed by atoms with Gasteiger partial charge in [0, 0.05) is 25.6 Å². The molecule has 1 atom stereocenters. The van der Waals surface area contributed by atoms with E-state index >= 15 is 0 Å². The van der Waals surface area contributed by atoms with Gasteiger partial charge in [0.2, 0.25) is 11.0 Å². The maximum absolute atomic E-state index is 12.3. The molecule has 2 fully saturated rings. The molecule has 3 rings (SSSR count). The summed E-state index contributed by atoms with van der Waals surface area (Å²) in [5, 5.41) is 9.07. The van der Waals surface area contributed by atoms with Crippen molar-refractivity contribution < 1.29 is 4.79 Å². The molecule has 1 unspecified atom stereocenters. The van der Waals surface area contributed by atoms with E-state index in [0.29, 0.717) is 5.91 Å². The smallest absolute Gasteiger partial charge is 0.225 e. The molecule has 1 amide bonds. The number of hydrogen-bond donors (Lipinski definition) is 0. The molecule has 2 aliphatic heterocycles. The van der Waals surface area contributed by atoms with Gasteiger partial charge in [-0.05, 0) is 19.3 Å². The third-order valence-electron chi connectivity index (χ3n) is 4.31. The lowest BCUT2D eigenvalue weighted by atomic mass is 9.77. The van der Waals surface area contributed by atoms with Gasteiger partial charge in [0.25, 0.3) is 0 Å². The number of aromatic nitrogens is 2. The highest BCUT2D eigenvalue weighted by atomic mass is 32.1. The largest absolute Gasteiger partial charge is 0.344 e. The molecule has 6 heteroatoms. The van der Waals surface area contributed by atoms with Crippen molar-refractivity contribution in [2.75, 3.05) is 24.5 Å². The summed E-state index contributed by atoms with van der Waals surface area (Å²) in [6.07, 6.45) is 3.38. The van der Waals surface area contributed by atoms with Crippen LogP contribution in [-0.2, 0) is 4.79 Å². The Morgan fingerprint density at radius 2 is 2.26 bits per heavy atom. The lowest BCUT2D eigenvalue weighted by Crippen LogP contribution is -2.69. The zero-order valence-corrected chi connectivity index (χ0v) is 12.3. The molecular weight excluding hydrogens is 260 g/mol. The summed E-state index contributed by atoms with van der Waals surface area (Å²) < 4.78 is 0. The summed E-state index contributed by atoms with van der Waals surface area (Å²) in [4.78, 5) is 16.7. The van der Waals surface area contributed by atoms with Gasteiger partial charge in [0.15, 0.2) is 0 Å². The summed E-state index contributed by atoms with van der Waals surface area (Å²) in [5.74, 6) is 0.388. The summed E-state index contributed by atoms with van der Waals surface area (Å²) in [6, 6.07) is 0. The number of likely N-dealkylation sites (tertiary alicyclic amines) is 1. The standard InChI is InChI=1S/C13H20N4OS/c1-10(2)11(18)17-7-5-13(17)4-3-6-16(8-13)12-15-14-9-19-12/h9-10H,3-8H2,1-2H3. The van der Waals surface area contributed by atoms with Gasteiger partial charge in [-0.15, -0.1) is 10.2 Å². The Bertz CT molecular complexity index is 461. The molecule has 1 spiro atoms. The Balaban J connectivity index is 1.76. The van der Waals surface area contributed by atoms with Gasteiger partial charge in [0.1, 0.15) is 5.51 Å². The van der Waals surface area contributed by atoms with E-state index in [1.54, 1.807) is 16.8 Å². The van der Waals surface area contributed by atoms with Gasteiger partial charge in [0.05, 0.1) is 5.54 Å². The molecule has 19 heavy (non-hydrogen) atoms. The van der Waals surface area contributed by atoms with Crippen LogP contribution in [-0.4, -0.2) is 46.2 Å². The predicted molar refractivity (Wildman–Crippen MR) is 75.3 cm³/mol. The fourth-order valence-electron chi connectivity index (χ4n) is 3.20. The van der Waals surface area contributed by atoms with Crippen LogP contribution in [0.4, 0.5) is 5.13 Å². The van der Waals surface area contributed by atoms with Gasteiger partial charge >= 0.3 is 0 Å². The van der Waals surface area contributed by atoms with Gasteiger partial charge < -0.3 is 9.80 Å². The van der Waals surface area contributed by atoms with Crippen molar-refractivity contribution in [1.29, 1.82) is 0 Å². The number of anilines is 1. The number of amides is 1. The van der Waals surface area contributed by atoms with E-state index in [9.17, 15) is 4.79 Å². The zero-order valence-electron chi connectivity index (χ0n) is 11.5. The minimum atomic E-state index is 0.0608. The fraction of sp³-hybridized carbons (Fsp3) is 0.769. The van der Waals surface area contributed by atoms with E-state index in [-0.39, 0.29) is 11.5 Å². The van der Waals surface area contributed by atoms with Crippen molar-refractivity contribution in [3.8, 4) is 0 Å². The fourth-order valence-corrected chi connectivity index (χ4v) is 3.79. The van der Waals surface area contributed by atoms with Crippen molar-refractivity contribution in [2.24, 2.45) is 5.92 Å². The quantitative estimate of drug-likeness (QED) is 0.828. The number of nitrogens with zero attached hydrogens (tertiary/aromatic N) is 4. The topological polar surface area (TPSA) is 49.3 Å². The van der Waals surface area contributed by atoms with Gasteiger partial charge in [-0.25, -0.2) is 0 Å². The Morgan fingerprint density at radius 1 is 1.42 bits per heavy atom. The second-order valence-electron chi connectivity index (χ2n) is 5.87. The monoisotopic (exact) mass is 280 g/mol. The van der Waals surface area contributed by atoms with Gasteiger partial charge in [-0.3, -0.25) is 4.79 Å². The van der Waals surface area contributed by atoms with Crippen LogP contribution in [0.25, 0.3) is 0 Å². The van der Waals surface area contributed by atoms with Crippen LogP contribution in [0.3, 0.4) is 0 Å². The predicted octanol–water partition coefficient (Wildman–Crippen LogP) is 1.77. The zero-order chi connectivity index (χ0) is 13.5. The number of carbonyl (C=O) groups excluding carboxylic acids is 1. The second-order valence-corrected chi connectivity index (χ2v) is 6.68. The average Bonchev–Trinajstić information content (AvgIpc) is 2.91. The molecule has 1 aromatic heterocycles. The summed E-state index contributed by atoms with van der Waals surface area (Å²) in [5.41, 5.74) is 1.83. The maximum Gasteiger partial charge on any atom is 0.225 e. The maximum atomic E-state index is 12.3. The molecule has 3 heterocycles. The highest BCUT2D eigenvalue weighted by molar-refractivity contribution is 7.13. The first-order valence-electron chi connectivity index (χ1n) is 6.95. The summed E-state index contributed by atoms with van der Waals surface area (Å²) >= 11 is 1.58. The number of carbonyl (C=O) groups is 1. The van der Waals surface area contributed by atoms with Crippen molar-refractivity contribution in [1.82, 2.24) is 15.1 Å². The van der Waals surface area contributed by atoms with Crippen molar-refractivity contribution >= 4 is 22.4 Å². The van der Waals surface area contributed by atoms with E-state index < -0.39 is 0 Å². The molecule has 2 aliphatic rings.